The first-order valence-corrected chi connectivity index (χ1v) is 12.1. The third kappa shape index (κ3) is 12.3. The molecule has 14 nitrogen and oxygen atoms in total. The number of carbonyl (C=O) groups is 6. The fourth-order valence-corrected chi connectivity index (χ4v) is 3.48. The van der Waals surface area contributed by atoms with Crippen LogP contribution in [0.25, 0.3) is 0 Å². The van der Waals surface area contributed by atoms with Crippen LogP contribution in [0.3, 0.4) is 0 Å². The Labute approximate surface area is 219 Å². The highest BCUT2D eigenvalue weighted by Gasteiger charge is 2.31. The molecule has 0 heterocycles. The Morgan fingerprint density at radius 1 is 0.789 bits per heavy atom. The summed E-state index contributed by atoms with van der Waals surface area (Å²) in [7, 11) is 0. The lowest BCUT2D eigenvalue weighted by Crippen LogP contribution is -2.57. The normalized spacial score (nSPS) is 13.8. The molecule has 0 radical (unpaired) electrons. The van der Waals surface area contributed by atoms with E-state index in [-0.39, 0.29) is 19.3 Å². The first-order valence-electron chi connectivity index (χ1n) is 12.1. The molecule has 0 saturated carbocycles. The Morgan fingerprint density at radius 3 is 1.87 bits per heavy atom. The predicted molar refractivity (Wildman–Crippen MR) is 135 cm³/mol. The number of rotatable bonds is 18. The summed E-state index contributed by atoms with van der Waals surface area (Å²) in [4.78, 5) is 72.2. The molecule has 4 atom stereocenters. The van der Waals surface area contributed by atoms with E-state index in [9.17, 15) is 33.9 Å². The summed E-state index contributed by atoms with van der Waals surface area (Å²) in [6.45, 7) is 0.343. The Kier molecular flexibility index (Phi) is 14.0. The van der Waals surface area contributed by atoms with Gasteiger partial charge < -0.3 is 43.4 Å². The number of unbranched alkanes of at least 4 members (excludes halogenated alkanes) is 1. The van der Waals surface area contributed by atoms with E-state index in [1.807, 2.05) is 6.07 Å². The topological polar surface area (TPSA) is 257 Å². The molecule has 1 aromatic carbocycles. The number of aliphatic carboxylic acids is 2. The Morgan fingerprint density at radius 2 is 1.34 bits per heavy atom. The van der Waals surface area contributed by atoms with Gasteiger partial charge in [-0.2, -0.15) is 0 Å². The number of benzene rings is 1. The van der Waals surface area contributed by atoms with Crippen LogP contribution in [-0.4, -0.2) is 76.5 Å². The van der Waals surface area contributed by atoms with Crippen LogP contribution in [-0.2, 0) is 35.2 Å². The van der Waals surface area contributed by atoms with Crippen molar-refractivity contribution in [2.24, 2.45) is 17.2 Å². The minimum absolute atomic E-state index is 0.152. The molecule has 0 saturated heterocycles. The Hall–Kier alpha value is -4.04. The number of carboxylic acids is 2. The van der Waals surface area contributed by atoms with Gasteiger partial charge in [-0.15, -0.1) is 0 Å². The lowest BCUT2D eigenvalue weighted by molar-refractivity contribution is -0.144. The van der Waals surface area contributed by atoms with Crippen LogP contribution in [0.4, 0.5) is 0 Å². The molecule has 1 aromatic rings. The van der Waals surface area contributed by atoms with Crippen molar-refractivity contribution in [1.29, 1.82) is 0 Å². The molecule has 0 bridgehead atoms. The zero-order valence-corrected chi connectivity index (χ0v) is 20.9. The molecule has 0 aromatic heterocycles. The quantitative estimate of drug-likeness (QED) is 0.0953. The van der Waals surface area contributed by atoms with Gasteiger partial charge in [-0.25, -0.2) is 4.79 Å². The minimum atomic E-state index is -1.68. The third-order valence-corrected chi connectivity index (χ3v) is 5.51. The summed E-state index contributed by atoms with van der Waals surface area (Å²) < 4.78 is 0. The van der Waals surface area contributed by atoms with E-state index in [0.717, 1.165) is 5.56 Å². The summed E-state index contributed by atoms with van der Waals surface area (Å²) >= 11 is 0. The van der Waals surface area contributed by atoms with E-state index in [1.54, 1.807) is 24.3 Å². The second-order valence-electron chi connectivity index (χ2n) is 8.71. The standard InChI is InChI=1S/C24H36N6O8/c25-11-5-4-8-16(28-21(34)15(26)12-14-6-2-1-3-7-14)22(35)29-17(9-10-20(32)33)23(36)30-18(24(37)38)13-19(27)31/h1-3,6-7,15-18H,4-5,8-13,25-26H2,(H2,27,31)(H,28,34)(H,29,35)(H,30,36)(H,32,33)(H,37,38). The van der Waals surface area contributed by atoms with Crippen LogP contribution < -0.4 is 33.2 Å². The van der Waals surface area contributed by atoms with E-state index < -0.39 is 72.6 Å². The van der Waals surface area contributed by atoms with Gasteiger partial charge in [-0.3, -0.25) is 24.0 Å². The van der Waals surface area contributed by atoms with E-state index in [0.29, 0.717) is 19.4 Å². The van der Waals surface area contributed by atoms with Gasteiger partial charge in [0.1, 0.15) is 18.1 Å². The molecular formula is C24H36N6O8. The number of carboxylic acid groups (broad SMARTS) is 2. The SMILES string of the molecule is NCCCCC(NC(=O)C(N)Cc1ccccc1)C(=O)NC(CCC(=O)O)C(=O)NC(CC(N)=O)C(=O)O. The van der Waals surface area contributed by atoms with Crippen LogP contribution in [0, 0.1) is 0 Å². The van der Waals surface area contributed by atoms with E-state index in [2.05, 4.69) is 16.0 Å². The van der Waals surface area contributed by atoms with Gasteiger partial charge in [0.05, 0.1) is 12.5 Å². The van der Waals surface area contributed by atoms with Crippen LogP contribution in [0.2, 0.25) is 0 Å². The van der Waals surface area contributed by atoms with Crippen LogP contribution in [0.15, 0.2) is 30.3 Å². The van der Waals surface area contributed by atoms with Crippen LogP contribution >= 0.6 is 0 Å². The molecule has 0 fully saturated rings. The zero-order valence-electron chi connectivity index (χ0n) is 20.9. The molecule has 14 heteroatoms. The lowest BCUT2D eigenvalue weighted by Gasteiger charge is -2.25. The Bertz CT molecular complexity index is 974. The van der Waals surface area contributed by atoms with E-state index >= 15 is 0 Å². The molecule has 4 amide bonds. The van der Waals surface area contributed by atoms with Crippen LogP contribution in [0.5, 0.6) is 0 Å². The first kappa shape index (κ1) is 32.0. The smallest absolute Gasteiger partial charge is 0.326 e. The number of carbonyl (C=O) groups excluding carboxylic acids is 4. The predicted octanol–water partition coefficient (Wildman–Crippen LogP) is -2.04. The van der Waals surface area contributed by atoms with Crippen molar-refractivity contribution < 1.29 is 39.0 Å². The largest absolute Gasteiger partial charge is 0.481 e. The molecule has 11 N–H and O–H groups in total. The summed E-state index contributed by atoms with van der Waals surface area (Å²) in [5.41, 5.74) is 17.4. The Balaban J connectivity index is 3.01. The summed E-state index contributed by atoms with van der Waals surface area (Å²) in [5.74, 6) is -6.22. The van der Waals surface area contributed by atoms with Gasteiger partial charge in [0.2, 0.25) is 23.6 Å². The molecule has 4 unspecified atom stereocenters. The van der Waals surface area contributed by atoms with Gasteiger partial charge in [0, 0.05) is 6.42 Å². The number of amides is 4. The summed E-state index contributed by atoms with van der Waals surface area (Å²) in [6, 6.07) is 3.75. The van der Waals surface area contributed by atoms with Crippen molar-refractivity contribution in [1.82, 2.24) is 16.0 Å². The summed E-state index contributed by atoms with van der Waals surface area (Å²) in [6.07, 6.45) is -0.257. The number of nitrogens with one attached hydrogen (secondary N) is 3. The van der Waals surface area contributed by atoms with Crippen molar-refractivity contribution in [3.8, 4) is 0 Å². The number of hydrogen-bond acceptors (Lipinski definition) is 8. The van der Waals surface area contributed by atoms with E-state index in [4.69, 9.17) is 22.3 Å². The van der Waals surface area contributed by atoms with Gasteiger partial charge in [-0.05, 0) is 44.2 Å². The molecule has 0 aliphatic carbocycles. The van der Waals surface area contributed by atoms with Crippen molar-refractivity contribution in [2.75, 3.05) is 6.54 Å². The summed E-state index contributed by atoms with van der Waals surface area (Å²) in [5, 5.41) is 25.3. The van der Waals surface area contributed by atoms with Crippen molar-refractivity contribution >= 4 is 35.6 Å². The average Bonchev–Trinajstić information content (AvgIpc) is 2.85. The first-order chi connectivity index (χ1) is 17.9. The number of nitrogens with two attached hydrogens (primary N) is 3. The van der Waals surface area contributed by atoms with Gasteiger partial charge in [0.25, 0.3) is 0 Å². The number of hydrogen-bond donors (Lipinski definition) is 8. The maximum atomic E-state index is 13.1. The molecule has 210 valence electrons. The van der Waals surface area contributed by atoms with Crippen molar-refractivity contribution in [2.45, 2.75) is 69.1 Å². The van der Waals surface area contributed by atoms with Gasteiger partial charge in [0.15, 0.2) is 0 Å². The van der Waals surface area contributed by atoms with Crippen molar-refractivity contribution in [3.05, 3.63) is 35.9 Å². The molecule has 1 rings (SSSR count). The maximum Gasteiger partial charge on any atom is 0.326 e. The highest BCUT2D eigenvalue weighted by molar-refractivity contribution is 5.95. The minimum Gasteiger partial charge on any atom is -0.481 e. The fraction of sp³-hybridized carbons (Fsp3) is 0.500. The molecular weight excluding hydrogens is 500 g/mol. The monoisotopic (exact) mass is 536 g/mol. The lowest BCUT2D eigenvalue weighted by atomic mass is 10.0. The molecule has 0 aliphatic rings. The van der Waals surface area contributed by atoms with Crippen LogP contribution in [0.1, 0.15) is 44.1 Å². The molecule has 0 spiro atoms. The van der Waals surface area contributed by atoms with Gasteiger partial charge in [-0.1, -0.05) is 30.3 Å². The number of primary amides is 1. The second-order valence-corrected chi connectivity index (χ2v) is 8.71. The fourth-order valence-electron chi connectivity index (χ4n) is 3.48. The highest BCUT2D eigenvalue weighted by Crippen LogP contribution is 2.07. The molecule has 0 aliphatic heterocycles. The maximum absolute atomic E-state index is 13.1. The zero-order chi connectivity index (χ0) is 28.7. The van der Waals surface area contributed by atoms with Crippen molar-refractivity contribution in [3.63, 3.8) is 0 Å². The van der Waals surface area contributed by atoms with Gasteiger partial charge >= 0.3 is 11.9 Å². The molecule has 38 heavy (non-hydrogen) atoms. The highest BCUT2D eigenvalue weighted by atomic mass is 16.4. The average molecular weight is 537 g/mol. The third-order valence-electron chi connectivity index (χ3n) is 5.51. The second kappa shape index (κ2) is 16.7. The van der Waals surface area contributed by atoms with E-state index in [1.165, 1.54) is 0 Å².